The van der Waals surface area contributed by atoms with Crippen molar-refractivity contribution in [2.45, 2.75) is 31.5 Å². The molecule has 0 bridgehead atoms. The Bertz CT molecular complexity index is 394. The van der Waals surface area contributed by atoms with Gasteiger partial charge in [0.25, 0.3) is 0 Å². The highest BCUT2D eigenvalue weighted by atomic mass is 16.3. The SMILES string of the molecule is OC1CNCCC1N1CCc2ccccc2C1. The number of fused-ring (bicyclic) bond motifs is 1. The van der Waals surface area contributed by atoms with E-state index in [4.69, 9.17) is 0 Å². The zero-order valence-corrected chi connectivity index (χ0v) is 10.1. The predicted octanol–water partition coefficient (Wildman–Crippen LogP) is 0.767. The van der Waals surface area contributed by atoms with Crippen LogP contribution in [0, 0.1) is 0 Å². The smallest absolute Gasteiger partial charge is 0.0820 e. The maximum Gasteiger partial charge on any atom is 0.0820 e. The second-order valence-corrected chi connectivity index (χ2v) is 5.12. The molecule has 0 aliphatic carbocycles. The predicted molar refractivity (Wildman–Crippen MR) is 67.8 cm³/mol. The largest absolute Gasteiger partial charge is 0.390 e. The van der Waals surface area contributed by atoms with Crippen LogP contribution in [0.1, 0.15) is 17.5 Å². The summed E-state index contributed by atoms with van der Waals surface area (Å²) in [5, 5.41) is 13.3. The fraction of sp³-hybridized carbons (Fsp3) is 0.571. The van der Waals surface area contributed by atoms with E-state index >= 15 is 0 Å². The van der Waals surface area contributed by atoms with Gasteiger partial charge in [-0.2, -0.15) is 0 Å². The van der Waals surface area contributed by atoms with Gasteiger partial charge in [-0.05, 0) is 30.5 Å². The lowest BCUT2D eigenvalue weighted by Crippen LogP contribution is -2.53. The van der Waals surface area contributed by atoms with E-state index in [2.05, 4.69) is 34.5 Å². The van der Waals surface area contributed by atoms with E-state index < -0.39 is 0 Å². The van der Waals surface area contributed by atoms with Crippen molar-refractivity contribution in [3.63, 3.8) is 0 Å². The van der Waals surface area contributed by atoms with Gasteiger partial charge < -0.3 is 10.4 Å². The molecule has 1 saturated heterocycles. The summed E-state index contributed by atoms with van der Waals surface area (Å²) in [6, 6.07) is 9.01. The molecule has 17 heavy (non-hydrogen) atoms. The number of nitrogens with zero attached hydrogens (tertiary/aromatic N) is 1. The number of hydrogen-bond acceptors (Lipinski definition) is 3. The first-order chi connectivity index (χ1) is 8.34. The van der Waals surface area contributed by atoms with Gasteiger partial charge in [-0.25, -0.2) is 0 Å². The lowest BCUT2D eigenvalue weighted by molar-refractivity contribution is 0.0220. The van der Waals surface area contributed by atoms with Crippen LogP contribution in [0.15, 0.2) is 24.3 Å². The maximum atomic E-state index is 10.1. The van der Waals surface area contributed by atoms with E-state index in [1.807, 2.05) is 0 Å². The highest BCUT2D eigenvalue weighted by Gasteiger charge is 2.30. The van der Waals surface area contributed by atoms with Crippen molar-refractivity contribution in [1.29, 1.82) is 0 Å². The zero-order valence-electron chi connectivity index (χ0n) is 10.1. The fourth-order valence-corrected chi connectivity index (χ4v) is 3.05. The van der Waals surface area contributed by atoms with Gasteiger partial charge in [0.15, 0.2) is 0 Å². The summed E-state index contributed by atoms with van der Waals surface area (Å²) in [4.78, 5) is 2.45. The third kappa shape index (κ3) is 2.23. The Labute approximate surface area is 102 Å². The molecule has 2 unspecified atom stereocenters. The summed E-state index contributed by atoms with van der Waals surface area (Å²) < 4.78 is 0. The van der Waals surface area contributed by atoms with Crippen molar-refractivity contribution in [2.75, 3.05) is 19.6 Å². The number of piperidine rings is 1. The number of β-amino-alcohol motifs (C(OH)–C–C–N with tert-alkyl or cyclic N) is 1. The molecular weight excluding hydrogens is 212 g/mol. The van der Waals surface area contributed by atoms with Gasteiger partial charge in [-0.3, -0.25) is 4.90 Å². The molecule has 0 saturated carbocycles. The summed E-state index contributed by atoms with van der Waals surface area (Å²) in [5.41, 5.74) is 2.91. The Morgan fingerprint density at radius 2 is 2.06 bits per heavy atom. The lowest BCUT2D eigenvalue weighted by atomic mass is 9.95. The molecule has 0 aromatic heterocycles. The van der Waals surface area contributed by atoms with Crippen LogP contribution in [0.25, 0.3) is 0 Å². The second-order valence-electron chi connectivity index (χ2n) is 5.12. The molecule has 2 aliphatic heterocycles. The molecule has 3 heteroatoms. The molecule has 1 aromatic rings. The first-order valence-electron chi connectivity index (χ1n) is 6.54. The third-order valence-corrected chi connectivity index (χ3v) is 4.04. The van der Waals surface area contributed by atoms with E-state index in [0.717, 1.165) is 39.0 Å². The molecule has 2 atom stereocenters. The Balaban J connectivity index is 1.75. The highest BCUT2D eigenvalue weighted by molar-refractivity contribution is 5.29. The monoisotopic (exact) mass is 232 g/mol. The van der Waals surface area contributed by atoms with Gasteiger partial charge in [0.1, 0.15) is 0 Å². The first kappa shape index (κ1) is 11.2. The standard InChI is InChI=1S/C14H20N2O/c17-14-9-15-7-5-13(14)16-8-6-11-3-1-2-4-12(11)10-16/h1-4,13-15,17H,5-10H2. The van der Waals surface area contributed by atoms with Crippen molar-refractivity contribution < 1.29 is 5.11 Å². The van der Waals surface area contributed by atoms with Crippen LogP contribution in [0.3, 0.4) is 0 Å². The first-order valence-corrected chi connectivity index (χ1v) is 6.54. The normalized spacial score (nSPS) is 29.9. The van der Waals surface area contributed by atoms with Crippen molar-refractivity contribution >= 4 is 0 Å². The average molecular weight is 232 g/mol. The third-order valence-electron chi connectivity index (χ3n) is 4.04. The van der Waals surface area contributed by atoms with E-state index in [1.54, 1.807) is 0 Å². The Morgan fingerprint density at radius 1 is 1.24 bits per heavy atom. The van der Waals surface area contributed by atoms with Crippen LogP contribution in [0.4, 0.5) is 0 Å². The number of nitrogens with one attached hydrogen (secondary N) is 1. The van der Waals surface area contributed by atoms with Gasteiger partial charge in [0.2, 0.25) is 0 Å². The van der Waals surface area contributed by atoms with Crippen molar-refractivity contribution in [3.05, 3.63) is 35.4 Å². The minimum atomic E-state index is -0.214. The van der Waals surface area contributed by atoms with E-state index in [9.17, 15) is 5.11 Å². The number of benzene rings is 1. The summed E-state index contributed by atoms with van der Waals surface area (Å²) in [5.74, 6) is 0. The van der Waals surface area contributed by atoms with Crippen LogP contribution < -0.4 is 5.32 Å². The van der Waals surface area contributed by atoms with Crippen molar-refractivity contribution in [3.8, 4) is 0 Å². The zero-order chi connectivity index (χ0) is 11.7. The minimum Gasteiger partial charge on any atom is -0.390 e. The van der Waals surface area contributed by atoms with E-state index in [-0.39, 0.29) is 6.10 Å². The van der Waals surface area contributed by atoms with Gasteiger partial charge in [-0.1, -0.05) is 24.3 Å². The van der Waals surface area contributed by atoms with Gasteiger partial charge in [0.05, 0.1) is 6.10 Å². The summed E-state index contributed by atoms with van der Waals surface area (Å²) in [6.45, 7) is 3.85. The molecular formula is C14H20N2O. The van der Waals surface area contributed by atoms with Crippen LogP contribution >= 0.6 is 0 Å². The maximum absolute atomic E-state index is 10.1. The number of hydrogen-bond donors (Lipinski definition) is 2. The fourth-order valence-electron chi connectivity index (χ4n) is 3.05. The molecule has 0 radical (unpaired) electrons. The highest BCUT2D eigenvalue weighted by Crippen LogP contribution is 2.23. The molecule has 3 nitrogen and oxygen atoms in total. The second kappa shape index (κ2) is 4.77. The van der Waals surface area contributed by atoms with Crippen molar-refractivity contribution in [2.24, 2.45) is 0 Å². The summed E-state index contributed by atoms with van der Waals surface area (Å²) >= 11 is 0. The van der Waals surface area contributed by atoms with E-state index in [1.165, 1.54) is 11.1 Å². The molecule has 2 heterocycles. The lowest BCUT2D eigenvalue weighted by Gasteiger charge is -2.40. The van der Waals surface area contributed by atoms with Crippen LogP contribution in [0.5, 0.6) is 0 Å². The van der Waals surface area contributed by atoms with Crippen LogP contribution in [-0.2, 0) is 13.0 Å². The van der Waals surface area contributed by atoms with Gasteiger partial charge >= 0.3 is 0 Å². The molecule has 2 aliphatic rings. The van der Waals surface area contributed by atoms with Gasteiger partial charge in [0, 0.05) is 25.7 Å². The molecule has 0 spiro atoms. The van der Waals surface area contributed by atoms with Crippen molar-refractivity contribution in [1.82, 2.24) is 10.2 Å². The number of aliphatic hydroxyl groups excluding tert-OH is 1. The Morgan fingerprint density at radius 3 is 2.88 bits per heavy atom. The summed E-state index contributed by atoms with van der Waals surface area (Å²) in [6.07, 6.45) is 1.96. The molecule has 1 fully saturated rings. The van der Waals surface area contributed by atoms with Crippen LogP contribution in [-0.4, -0.2) is 41.8 Å². The van der Waals surface area contributed by atoms with Crippen LogP contribution in [0.2, 0.25) is 0 Å². The number of rotatable bonds is 1. The molecule has 92 valence electrons. The molecule has 3 rings (SSSR count). The number of aliphatic hydroxyl groups is 1. The van der Waals surface area contributed by atoms with E-state index in [0.29, 0.717) is 6.04 Å². The molecule has 2 N–H and O–H groups in total. The minimum absolute atomic E-state index is 0.214. The quantitative estimate of drug-likeness (QED) is 0.750. The topological polar surface area (TPSA) is 35.5 Å². The summed E-state index contributed by atoms with van der Waals surface area (Å²) in [7, 11) is 0. The molecule has 1 aromatic carbocycles. The molecule has 0 amide bonds. The Hall–Kier alpha value is -0.900. The van der Waals surface area contributed by atoms with Gasteiger partial charge in [-0.15, -0.1) is 0 Å². The Kier molecular flexibility index (Phi) is 3.14. The average Bonchev–Trinajstić information content (AvgIpc) is 2.39.